The second-order valence-electron chi connectivity index (χ2n) is 7.59. The maximum absolute atomic E-state index is 11.7. The van der Waals surface area contributed by atoms with Gasteiger partial charge in [-0.1, -0.05) is 23.8 Å². The minimum atomic E-state index is -1.09. The zero-order chi connectivity index (χ0) is 21.5. The molecule has 1 aliphatic heterocycles. The van der Waals surface area contributed by atoms with Crippen LogP contribution in [0.2, 0.25) is 0 Å². The Morgan fingerprint density at radius 2 is 1.94 bits per heavy atom. The number of rotatable bonds is 4. The van der Waals surface area contributed by atoms with Crippen LogP contribution in [0.5, 0.6) is 0 Å². The monoisotopic (exact) mass is 418 g/mol. The third kappa shape index (κ3) is 3.42. The van der Waals surface area contributed by atoms with Gasteiger partial charge in [-0.25, -0.2) is 19.4 Å². The molecule has 31 heavy (non-hydrogen) atoms. The van der Waals surface area contributed by atoms with Crippen molar-refractivity contribution in [3.05, 3.63) is 54.0 Å². The van der Waals surface area contributed by atoms with Gasteiger partial charge in [0, 0.05) is 38.0 Å². The van der Waals surface area contributed by atoms with E-state index in [1.807, 2.05) is 43.5 Å². The van der Waals surface area contributed by atoms with E-state index in [9.17, 15) is 9.90 Å². The van der Waals surface area contributed by atoms with Crippen molar-refractivity contribution in [2.24, 2.45) is 7.05 Å². The van der Waals surface area contributed by atoms with Crippen molar-refractivity contribution in [3.63, 3.8) is 0 Å². The van der Waals surface area contributed by atoms with Gasteiger partial charge in [0.25, 0.3) is 0 Å². The number of nitrogens with zero attached hydrogens (tertiary/aromatic N) is 6. The molecule has 5 rings (SSSR count). The minimum absolute atomic E-state index is 0.0462. The van der Waals surface area contributed by atoms with Crippen LogP contribution in [0.15, 0.2) is 42.6 Å². The Morgan fingerprint density at radius 3 is 2.68 bits per heavy atom. The van der Waals surface area contributed by atoms with Crippen molar-refractivity contribution in [2.45, 2.75) is 6.92 Å². The molecule has 0 saturated carbocycles. The van der Waals surface area contributed by atoms with Crippen LogP contribution >= 0.6 is 0 Å². The number of hydrogen-bond donors (Lipinski definition) is 1. The van der Waals surface area contributed by atoms with E-state index in [0.717, 1.165) is 22.5 Å². The SMILES string of the molecule is Cc1cccc(-c2ccn(-c3cc(N4CCOCC4)c4nc(C(=O)O)n(C)c4n3)n2)c1. The number of pyridine rings is 1. The molecule has 0 aliphatic carbocycles. The van der Waals surface area contributed by atoms with Crippen LogP contribution < -0.4 is 4.90 Å². The van der Waals surface area contributed by atoms with Crippen molar-refractivity contribution in [1.82, 2.24) is 24.3 Å². The lowest BCUT2D eigenvalue weighted by Gasteiger charge is -2.29. The van der Waals surface area contributed by atoms with Gasteiger partial charge < -0.3 is 19.3 Å². The van der Waals surface area contributed by atoms with Crippen molar-refractivity contribution in [2.75, 3.05) is 31.2 Å². The Bertz CT molecular complexity index is 1290. The highest BCUT2D eigenvalue weighted by atomic mass is 16.5. The van der Waals surface area contributed by atoms with E-state index in [2.05, 4.69) is 16.0 Å². The molecule has 0 bridgehead atoms. The maximum Gasteiger partial charge on any atom is 0.372 e. The summed E-state index contributed by atoms with van der Waals surface area (Å²) in [6.45, 7) is 4.66. The number of hydrogen-bond acceptors (Lipinski definition) is 6. The summed E-state index contributed by atoms with van der Waals surface area (Å²) in [5.74, 6) is -0.529. The molecule has 0 unspecified atom stereocenters. The van der Waals surface area contributed by atoms with Crippen molar-refractivity contribution in [1.29, 1.82) is 0 Å². The summed E-state index contributed by atoms with van der Waals surface area (Å²) in [5, 5.41) is 14.3. The summed E-state index contributed by atoms with van der Waals surface area (Å²) < 4.78 is 8.71. The fourth-order valence-corrected chi connectivity index (χ4v) is 3.89. The fourth-order valence-electron chi connectivity index (χ4n) is 3.89. The lowest BCUT2D eigenvalue weighted by molar-refractivity contribution is 0.0680. The van der Waals surface area contributed by atoms with Gasteiger partial charge in [-0.2, -0.15) is 5.10 Å². The molecule has 0 amide bonds. The summed E-state index contributed by atoms with van der Waals surface area (Å²) >= 11 is 0. The Kier molecular flexibility index (Phi) is 4.67. The maximum atomic E-state index is 11.7. The molecule has 0 spiro atoms. The predicted molar refractivity (Wildman–Crippen MR) is 116 cm³/mol. The van der Waals surface area contributed by atoms with E-state index < -0.39 is 5.97 Å². The molecular formula is C22H22N6O3. The molecular weight excluding hydrogens is 396 g/mol. The van der Waals surface area contributed by atoms with Gasteiger partial charge in [0.05, 0.1) is 24.6 Å². The fraction of sp³-hybridized carbons (Fsp3) is 0.273. The Balaban J connectivity index is 1.65. The Labute approximate surface area is 178 Å². The Morgan fingerprint density at radius 1 is 1.13 bits per heavy atom. The van der Waals surface area contributed by atoms with Gasteiger partial charge in [-0.15, -0.1) is 0 Å². The number of morpholine rings is 1. The van der Waals surface area contributed by atoms with Crippen molar-refractivity contribution >= 4 is 22.8 Å². The molecule has 1 aromatic carbocycles. The third-order valence-electron chi connectivity index (χ3n) is 5.47. The number of anilines is 1. The van der Waals surface area contributed by atoms with E-state index in [0.29, 0.717) is 43.3 Å². The molecule has 9 heteroatoms. The highest BCUT2D eigenvalue weighted by molar-refractivity contribution is 5.94. The van der Waals surface area contributed by atoms with Crippen LogP contribution in [-0.2, 0) is 11.8 Å². The summed E-state index contributed by atoms with van der Waals surface area (Å²) in [6.07, 6.45) is 1.86. The molecule has 0 atom stereocenters. The summed E-state index contributed by atoms with van der Waals surface area (Å²) in [7, 11) is 1.67. The van der Waals surface area contributed by atoms with E-state index in [4.69, 9.17) is 14.8 Å². The van der Waals surface area contributed by atoms with Crippen LogP contribution in [0.4, 0.5) is 5.69 Å². The lowest BCUT2D eigenvalue weighted by atomic mass is 10.1. The number of aromatic carboxylic acids is 1. The van der Waals surface area contributed by atoms with Gasteiger partial charge in [0.15, 0.2) is 11.5 Å². The van der Waals surface area contributed by atoms with Crippen molar-refractivity contribution in [3.8, 4) is 17.1 Å². The molecule has 1 N–H and O–H groups in total. The molecule has 4 aromatic rings. The minimum Gasteiger partial charge on any atom is -0.475 e. The van der Waals surface area contributed by atoms with Gasteiger partial charge in [0.2, 0.25) is 5.82 Å². The zero-order valence-electron chi connectivity index (χ0n) is 17.3. The quantitative estimate of drug-likeness (QED) is 0.544. The average molecular weight is 418 g/mol. The molecule has 4 heterocycles. The van der Waals surface area contributed by atoms with E-state index in [1.165, 1.54) is 4.57 Å². The predicted octanol–water partition coefficient (Wildman–Crippen LogP) is 2.66. The van der Waals surface area contributed by atoms with E-state index in [1.54, 1.807) is 11.7 Å². The van der Waals surface area contributed by atoms with Gasteiger partial charge >= 0.3 is 5.97 Å². The first-order valence-electron chi connectivity index (χ1n) is 10.1. The number of carbonyl (C=O) groups is 1. The molecule has 158 valence electrons. The molecule has 9 nitrogen and oxygen atoms in total. The smallest absolute Gasteiger partial charge is 0.372 e. The number of ether oxygens (including phenoxy) is 1. The number of benzene rings is 1. The number of aromatic nitrogens is 5. The van der Waals surface area contributed by atoms with Gasteiger partial charge in [0.1, 0.15) is 5.52 Å². The van der Waals surface area contributed by atoms with Crippen LogP contribution in [0, 0.1) is 6.92 Å². The van der Waals surface area contributed by atoms with Crippen LogP contribution in [-0.4, -0.2) is 61.7 Å². The first-order chi connectivity index (χ1) is 15.0. The normalized spacial score (nSPS) is 14.3. The number of carboxylic acids is 1. The summed E-state index contributed by atoms with van der Waals surface area (Å²) in [4.78, 5) is 22.9. The highest BCUT2D eigenvalue weighted by Crippen LogP contribution is 2.29. The van der Waals surface area contributed by atoms with E-state index >= 15 is 0 Å². The summed E-state index contributed by atoms with van der Waals surface area (Å²) in [6, 6.07) is 12.0. The second kappa shape index (κ2) is 7.51. The summed E-state index contributed by atoms with van der Waals surface area (Å²) in [5.41, 5.74) is 4.94. The number of imidazole rings is 1. The molecule has 1 saturated heterocycles. The number of fused-ring (bicyclic) bond motifs is 1. The zero-order valence-corrected chi connectivity index (χ0v) is 17.3. The van der Waals surface area contributed by atoms with Crippen LogP contribution in [0.1, 0.15) is 16.2 Å². The van der Waals surface area contributed by atoms with Crippen LogP contribution in [0.3, 0.4) is 0 Å². The first kappa shape index (κ1) is 19.3. The standard InChI is InChI=1S/C22H22N6O3/c1-14-4-3-5-15(12-14)16-6-7-28(25-16)18-13-17(27-8-10-31-11-9-27)19-20(23-18)26(2)21(24-19)22(29)30/h3-7,12-13H,8-11H2,1-2H3,(H,29,30). The van der Waals surface area contributed by atoms with Gasteiger partial charge in [-0.3, -0.25) is 0 Å². The molecule has 0 radical (unpaired) electrons. The lowest BCUT2D eigenvalue weighted by Crippen LogP contribution is -2.36. The number of carboxylic acid groups (broad SMARTS) is 1. The topological polar surface area (TPSA) is 98.3 Å². The van der Waals surface area contributed by atoms with Crippen molar-refractivity contribution < 1.29 is 14.6 Å². The second-order valence-corrected chi connectivity index (χ2v) is 7.59. The Hall–Kier alpha value is -3.72. The first-order valence-corrected chi connectivity index (χ1v) is 10.1. The number of aryl methyl sites for hydroxylation is 2. The molecule has 1 fully saturated rings. The van der Waals surface area contributed by atoms with Crippen LogP contribution in [0.25, 0.3) is 28.2 Å². The average Bonchev–Trinajstić information content (AvgIpc) is 3.39. The molecule has 3 aromatic heterocycles. The van der Waals surface area contributed by atoms with Gasteiger partial charge in [-0.05, 0) is 19.1 Å². The highest BCUT2D eigenvalue weighted by Gasteiger charge is 2.23. The molecule has 1 aliphatic rings. The third-order valence-corrected chi connectivity index (χ3v) is 5.47. The largest absolute Gasteiger partial charge is 0.475 e. The van der Waals surface area contributed by atoms with E-state index in [-0.39, 0.29) is 5.82 Å².